The van der Waals surface area contributed by atoms with Crippen LogP contribution in [0.4, 0.5) is 20.2 Å². The Hall–Kier alpha value is -2.18. The van der Waals surface area contributed by atoms with Gasteiger partial charge in [-0.25, -0.2) is 19.3 Å². The molecule has 0 aromatic carbocycles. The van der Waals surface area contributed by atoms with Crippen molar-refractivity contribution in [2.75, 3.05) is 18.1 Å². The minimum atomic E-state index is -0.825. The maximum Gasteiger partial charge on any atom is 0.419 e. The molecule has 1 rings (SSSR count). The van der Waals surface area contributed by atoms with Gasteiger partial charge in [0.25, 0.3) is 0 Å². The first-order chi connectivity index (χ1) is 14.9. The lowest BCUT2D eigenvalue weighted by atomic mass is 10.1. The standard InChI is InChI=1S/C22H35IN4O6/c1-20(2,3)27(16-12-11-15(23)24-25-16)19(30)31-14-10-13-26(17(28)32-21(4,5)6)18(29)33-22(7,8)9/h11-12H,10,13-14H2,1-9H3. The van der Waals surface area contributed by atoms with Crippen LogP contribution in [0.2, 0.25) is 0 Å². The fraction of sp³-hybridized carbons (Fsp3) is 0.682. The molecule has 0 saturated carbocycles. The molecule has 0 N–H and O–H groups in total. The van der Waals surface area contributed by atoms with E-state index in [1.165, 1.54) is 4.90 Å². The molecule has 0 radical (unpaired) electrons. The Balaban J connectivity index is 2.83. The van der Waals surface area contributed by atoms with Gasteiger partial charge in [0.05, 0.1) is 6.61 Å². The van der Waals surface area contributed by atoms with Gasteiger partial charge >= 0.3 is 18.3 Å². The van der Waals surface area contributed by atoms with Crippen molar-refractivity contribution in [3.63, 3.8) is 0 Å². The lowest BCUT2D eigenvalue weighted by Crippen LogP contribution is -2.47. The van der Waals surface area contributed by atoms with Crippen molar-refractivity contribution in [1.29, 1.82) is 0 Å². The Bertz CT molecular complexity index is 797. The molecule has 1 aromatic rings. The normalized spacial score (nSPS) is 12.1. The Morgan fingerprint density at radius 3 is 1.76 bits per heavy atom. The van der Waals surface area contributed by atoms with E-state index >= 15 is 0 Å². The quantitative estimate of drug-likeness (QED) is 0.260. The first-order valence-corrected chi connectivity index (χ1v) is 11.7. The molecule has 0 bridgehead atoms. The summed E-state index contributed by atoms with van der Waals surface area (Å²) in [6.07, 6.45) is -2.07. The molecule has 0 saturated heterocycles. The molecule has 10 nitrogen and oxygen atoms in total. The molecule has 1 heterocycles. The van der Waals surface area contributed by atoms with Crippen LogP contribution in [0.5, 0.6) is 0 Å². The number of aromatic nitrogens is 2. The molecule has 0 aliphatic rings. The largest absolute Gasteiger partial charge is 0.449 e. The van der Waals surface area contributed by atoms with Crippen LogP contribution in [0.25, 0.3) is 0 Å². The van der Waals surface area contributed by atoms with Crippen LogP contribution in [0, 0.1) is 3.70 Å². The van der Waals surface area contributed by atoms with E-state index in [0.717, 1.165) is 4.90 Å². The average molecular weight is 578 g/mol. The van der Waals surface area contributed by atoms with Crippen LogP contribution in [-0.2, 0) is 14.2 Å². The van der Waals surface area contributed by atoms with Crippen LogP contribution in [0.3, 0.4) is 0 Å². The third-order valence-electron chi connectivity index (χ3n) is 3.68. The van der Waals surface area contributed by atoms with Crippen LogP contribution >= 0.6 is 22.6 Å². The lowest BCUT2D eigenvalue weighted by Gasteiger charge is -2.33. The van der Waals surface area contributed by atoms with Crippen molar-refractivity contribution >= 4 is 46.7 Å². The predicted molar refractivity (Wildman–Crippen MR) is 132 cm³/mol. The zero-order valence-corrected chi connectivity index (χ0v) is 23.0. The molecule has 33 heavy (non-hydrogen) atoms. The van der Waals surface area contributed by atoms with Crippen molar-refractivity contribution in [2.24, 2.45) is 0 Å². The van der Waals surface area contributed by atoms with Gasteiger partial charge in [0.1, 0.15) is 14.9 Å². The maximum atomic E-state index is 12.8. The van der Waals surface area contributed by atoms with E-state index in [1.54, 1.807) is 53.7 Å². The van der Waals surface area contributed by atoms with Gasteiger partial charge in [0, 0.05) is 18.5 Å². The van der Waals surface area contributed by atoms with E-state index in [4.69, 9.17) is 14.2 Å². The zero-order chi connectivity index (χ0) is 25.6. The van der Waals surface area contributed by atoms with E-state index in [0.29, 0.717) is 9.52 Å². The molecule has 186 valence electrons. The summed E-state index contributed by atoms with van der Waals surface area (Å²) in [4.78, 5) is 40.1. The number of rotatable bonds is 5. The number of hydrogen-bond donors (Lipinski definition) is 0. The van der Waals surface area contributed by atoms with Crippen LogP contribution in [-0.4, -0.2) is 63.3 Å². The number of carbonyl (C=O) groups is 3. The van der Waals surface area contributed by atoms with Crippen molar-refractivity contribution in [2.45, 2.75) is 85.5 Å². The maximum absolute atomic E-state index is 12.8. The molecule has 3 amide bonds. The summed E-state index contributed by atoms with van der Waals surface area (Å²) in [5.41, 5.74) is -2.19. The third-order valence-corrected chi connectivity index (χ3v) is 4.26. The smallest absolute Gasteiger partial charge is 0.419 e. The Morgan fingerprint density at radius 2 is 1.36 bits per heavy atom. The van der Waals surface area contributed by atoms with Gasteiger partial charge in [-0.2, -0.15) is 0 Å². The van der Waals surface area contributed by atoms with Gasteiger partial charge in [-0.15, -0.1) is 10.2 Å². The number of ether oxygens (including phenoxy) is 3. The first kappa shape index (κ1) is 28.9. The van der Waals surface area contributed by atoms with Crippen LogP contribution < -0.4 is 4.90 Å². The lowest BCUT2D eigenvalue weighted by molar-refractivity contribution is 0.000600. The second-order valence-corrected chi connectivity index (χ2v) is 11.4. The Morgan fingerprint density at radius 1 is 0.848 bits per heavy atom. The second-order valence-electron chi connectivity index (χ2n) is 10.3. The van der Waals surface area contributed by atoms with E-state index in [-0.39, 0.29) is 19.6 Å². The molecule has 0 atom stereocenters. The van der Waals surface area contributed by atoms with E-state index in [2.05, 4.69) is 10.2 Å². The topological polar surface area (TPSA) is 111 Å². The monoisotopic (exact) mass is 578 g/mol. The molecular weight excluding hydrogens is 543 g/mol. The van der Waals surface area contributed by atoms with Crippen molar-refractivity contribution in [3.8, 4) is 0 Å². The summed E-state index contributed by atoms with van der Waals surface area (Å²) in [6, 6.07) is 3.43. The van der Waals surface area contributed by atoms with Crippen molar-refractivity contribution in [1.82, 2.24) is 15.1 Å². The number of anilines is 1. The highest BCUT2D eigenvalue weighted by molar-refractivity contribution is 14.1. The highest BCUT2D eigenvalue weighted by atomic mass is 127. The molecule has 0 fully saturated rings. The molecule has 0 aliphatic carbocycles. The summed E-state index contributed by atoms with van der Waals surface area (Å²) in [6.45, 7) is 15.7. The number of hydrogen-bond acceptors (Lipinski definition) is 8. The van der Waals surface area contributed by atoms with E-state index < -0.39 is 35.0 Å². The summed E-state index contributed by atoms with van der Waals surface area (Å²) in [7, 11) is 0. The average Bonchev–Trinajstić information content (AvgIpc) is 2.59. The summed E-state index contributed by atoms with van der Waals surface area (Å²) in [5.74, 6) is 0.358. The molecule has 11 heteroatoms. The summed E-state index contributed by atoms with van der Waals surface area (Å²) in [5, 5.41) is 8.06. The minimum absolute atomic E-state index is 0.0364. The molecule has 0 spiro atoms. The Labute approximate surface area is 209 Å². The number of imide groups is 1. The van der Waals surface area contributed by atoms with Gasteiger partial charge in [0.15, 0.2) is 5.82 Å². The molecule has 0 unspecified atom stereocenters. The number of carbonyl (C=O) groups excluding carboxylic acids is 3. The first-order valence-electron chi connectivity index (χ1n) is 10.6. The number of amides is 3. The van der Waals surface area contributed by atoms with Gasteiger partial charge in [-0.3, -0.25) is 4.90 Å². The van der Waals surface area contributed by atoms with Crippen LogP contribution in [0.1, 0.15) is 68.7 Å². The van der Waals surface area contributed by atoms with Gasteiger partial charge in [0.2, 0.25) is 0 Å². The highest BCUT2D eigenvalue weighted by Crippen LogP contribution is 2.23. The fourth-order valence-corrected chi connectivity index (χ4v) is 2.76. The van der Waals surface area contributed by atoms with Gasteiger partial charge in [-0.1, -0.05) is 0 Å². The van der Waals surface area contributed by atoms with Crippen LogP contribution in [0.15, 0.2) is 12.1 Å². The zero-order valence-electron chi connectivity index (χ0n) is 20.9. The second kappa shape index (κ2) is 11.3. The molecule has 1 aromatic heterocycles. The fourth-order valence-electron chi connectivity index (χ4n) is 2.48. The SMILES string of the molecule is CC(C)(C)OC(=O)N(CCCOC(=O)N(c1ccc(I)nn1)C(C)(C)C)C(=O)OC(C)(C)C. The highest BCUT2D eigenvalue weighted by Gasteiger charge is 2.32. The predicted octanol–water partition coefficient (Wildman–Crippen LogP) is 5.39. The minimum Gasteiger partial charge on any atom is -0.449 e. The summed E-state index contributed by atoms with van der Waals surface area (Å²) >= 11 is 2.03. The number of halogens is 1. The number of nitrogens with zero attached hydrogens (tertiary/aromatic N) is 4. The molecule has 0 aliphatic heterocycles. The van der Waals surface area contributed by atoms with Crippen molar-refractivity contribution in [3.05, 3.63) is 15.8 Å². The Kier molecular flexibility index (Phi) is 9.88. The summed E-state index contributed by atoms with van der Waals surface area (Å²) < 4.78 is 16.7. The third kappa shape index (κ3) is 10.5. The molecular formula is C22H35IN4O6. The van der Waals surface area contributed by atoms with E-state index in [1.807, 2.05) is 43.4 Å². The van der Waals surface area contributed by atoms with E-state index in [9.17, 15) is 14.4 Å². The van der Waals surface area contributed by atoms with Gasteiger partial charge in [-0.05, 0) is 97.0 Å². The van der Waals surface area contributed by atoms with Gasteiger partial charge < -0.3 is 14.2 Å². The van der Waals surface area contributed by atoms with Crippen molar-refractivity contribution < 1.29 is 28.6 Å².